The van der Waals surface area contributed by atoms with E-state index in [1.54, 1.807) is 19.3 Å². The molecule has 10 heavy (non-hydrogen) atoms. The van der Waals surface area contributed by atoms with E-state index in [2.05, 4.69) is 6.08 Å². The Bertz CT molecular complexity index is 230. The van der Waals surface area contributed by atoms with Gasteiger partial charge in [0.1, 0.15) is 11.7 Å². The number of carbonyl (C=O) groups excluding carboxylic acids is 1. The van der Waals surface area contributed by atoms with Gasteiger partial charge in [-0.05, 0) is 6.08 Å². The van der Waals surface area contributed by atoms with Gasteiger partial charge in [-0.15, -0.1) is 0 Å². The lowest BCUT2D eigenvalue weighted by atomic mass is 10.1. The summed E-state index contributed by atoms with van der Waals surface area (Å²) in [7, 11) is 1.54. The van der Waals surface area contributed by atoms with Crippen LogP contribution in [0.1, 0.15) is 6.42 Å². The Morgan fingerprint density at radius 3 is 3.20 bits per heavy atom. The molecular formula is C8H7O2. The van der Waals surface area contributed by atoms with Gasteiger partial charge in [-0.25, -0.2) is 4.79 Å². The van der Waals surface area contributed by atoms with Crippen molar-refractivity contribution >= 4 is 5.94 Å². The van der Waals surface area contributed by atoms with Gasteiger partial charge in [0.05, 0.1) is 7.11 Å². The molecule has 0 aromatic heterocycles. The van der Waals surface area contributed by atoms with E-state index in [0.717, 1.165) is 0 Å². The van der Waals surface area contributed by atoms with E-state index in [1.165, 1.54) is 0 Å². The molecule has 0 amide bonds. The van der Waals surface area contributed by atoms with Crippen molar-refractivity contribution in [3.63, 3.8) is 0 Å². The molecule has 0 N–H and O–H groups in total. The summed E-state index contributed by atoms with van der Waals surface area (Å²) in [6.07, 6.45) is 6.84. The maximum absolute atomic E-state index is 10.1. The van der Waals surface area contributed by atoms with Gasteiger partial charge in [0.25, 0.3) is 0 Å². The monoisotopic (exact) mass is 135 g/mol. The van der Waals surface area contributed by atoms with E-state index in [0.29, 0.717) is 17.8 Å². The first-order valence-corrected chi connectivity index (χ1v) is 2.94. The van der Waals surface area contributed by atoms with Gasteiger partial charge in [0.2, 0.25) is 0 Å². The molecule has 0 aliphatic heterocycles. The summed E-state index contributed by atoms with van der Waals surface area (Å²) >= 11 is 0. The van der Waals surface area contributed by atoms with Crippen molar-refractivity contribution in [2.75, 3.05) is 7.11 Å². The fourth-order valence-electron chi connectivity index (χ4n) is 0.709. The molecule has 1 aliphatic rings. The maximum Gasteiger partial charge on any atom is 0.128 e. The average Bonchev–Trinajstić information content (AvgIpc) is 2.05. The first-order chi connectivity index (χ1) is 4.86. The Kier molecular flexibility index (Phi) is 2.08. The first kappa shape index (κ1) is 6.84. The molecule has 1 radical (unpaired) electrons. The van der Waals surface area contributed by atoms with Crippen LogP contribution in [-0.4, -0.2) is 13.1 Å². The zero-order valence-electron chi connectivity index (χ0n) is 5.68. The largest absolute Gasteiger partial charge is 0.496 e. The highest BCUT2D eigenvalue weighted by Gasteiger charge is 2.01. The molecule has 2 nitrogen and oxygen atoms in total. The van der Waals surface area contributed by atoms with Crippen LogP contribution in [0.3, 0.4) is 0 Å². The van der Waals surface area contributed by atoms with Crippen LogP contribution in [0.5, 0.6) is 0 Å². The molecule has 1 aliphatic carbocycles. The summed E-state index contributed by atoms with van der Waals surface area (Å²) < 4.78 is 4.84. The van der Waals surface area contributed by atoms with E-state index in [4.69, 9.17) is 4.74 Å². The van der Waals surface area contributed by atoms with Crippen LogP contribution in [0.4, 0.5) is 0 Å². The van der Waals surface area contributed by atoms with E-state index in [9.17, 15) is 4.79 Å². The summed E-state index contributed by atoms with van der Waals surface area (Å²) in [6, 6.07) is 0. The summed E-state index contributed by atoms with van der Waals surface area (Å²) in [5.41, 5.74) is 0.607. The molecule has 0 heterocycles. The molecule has 1 rings (SSSR count). The van der Waals surface area contributed by atoms with Crippen LogP contribution in [0.25, 0.3) is 0 Å². The van der Waals surface area contributed by atoms with Crippen molar-refractivity contribution in [2.45, 2.75) is 6.42 Å². The molecule has 0 aromatic rings. The van der Waals surface area contributed by atoms with Gasteiger partial charge >= 0.3 is 0 Å². The maximum atomic E-state index is 10.1. The normalized spacial score (nSPS) is 16.1. The van der Waals surface area contributed by atoms with E-state index in [1.807, 2.05) is 5.94 Å². The molecule has 0 bridgehead atoms. The number of hydrogen-bond donors (Lipinski definition) is 0. The number of hydrogen-bond acceptors (Lipinski definition) is 2. The topological polar surface area (TPSA) is 26.3 Å². The summed E-state index contributed by atoms with van der Waals surface area (Å²) in [4.78, 5) is 10.1. The summed E-state index contributed by atoms with van der Waals surface area (Å²) in [5, 5.41) is 0. The molecule has 0 spiro atoms. The second-order valence-corrected chi connectivity index (χ2v) is 1.89. The fourth-order valence-corrected chi connectivity index (χ4v) is 0.709. The predicted octanol–water partition coefficient (Wildman–Crippen LogP) is 1.04. The zero-order valence-corrected chi connectivity index (χ0v) is 5.68. The smallest absolute Gasteiger partial charge is 0.128 e. The number of methoxy groups -OCH3 is 1. The highest BCUT2D eigenvalue weighted by atomic mass is 16.5. The van der Waals surface area contributed by atoms with Crippen molar-refractivity contribution in [2.24, 2.45) is 0 Å². The predicted molar refractivity (Wildman–Crippen MR) is 36.7 cm³/mol. The van der Waals surface area contributed by atoms with Gasteiger partial charge in [-0.2, -0.15) is 0 Å². The van der Waals surface area contributed by atoms with Gasteiger partial charge < -0.3 is 4.74 Å². The Hall–Kier alpha value is -1.27. The number of allylic oxidation sites excluding steroid dienone is 4. The molecule has 2 heteroatoms. The summed E-state index contributed by atoms with van der Waals surface area (Å²) in [6.45, 7) is 0. The lowest BCUT2D eigenvalue weighted by Gasteiger charge is -2.03. The molecule has 51 valence electrons. The van der Waals surface area contributed by atoms with Crippen LogP contribution < -0.4 is 0 Å². The second kappa shape index (κ2) is 3.04. The van der Waals surface area contributed by atoms with E-state index >= 15 is 0 Å². The molecule has 0 atom stereocenters. The Labute approximate surface area is 59.5 Å². The third-order valence-corrected chi connectivity index (χ3v) is 1.22. The number of ether oxygens (including phenoxy) is 1. The van der Waals surface area contributed by atoms with Gasteiger partial charge in [-0.3, -0.25) is 0 Å². The minimum Gasteiger partial charge on any atom is -0.496 e. The molecule has 0 fully saturated rings. The zero-order chi connectivity index (χ0) is 7.40. The van der Waals surface area contributed by atoms with Crippen LogP contribution >= 0.6 is 0 Å². The first-order valence-electron chi connectivity index (χ1n) is 2.94. The second-order valence-electron chi connectivity index (χ2n) is 1.89. The van der Waals surface area contributed by atoms with Crippen molar-refractivity contribution in [3.8, 4) is 0 Å². The number of rotatable bonds is 1. The molecule has 0 saturated carbocycles. The van der Waals surface area contributed by atoms with Crippen molar-refractivity contribution in [1.82, 2.24) is 0 Å². The van der Waals surface area contributed by atoms with E-state index in [-0.39, 0.29) is 0 Å². The van der Waals surface area contributed by atoms with Gasteiger partial charge in [-0.1, -0.05) is 6.08 Å². The van der Waals surface area contributed by atoms with Crippen LogP contribution in [-0.2, 0) is 9.53 Å². The van der Waals surface area contributed by atoms with Gasteiger partial charge in [0.15, 0.2) is 0 Å². The Morgan fingerprint density at radius 2 is 2.60 bits per heavy atom. The molecular weight excluding hydrogens is 128 g/mol. The highest BCUT2D eigenvalue weighted by molar-refractivity contribution is 5.59. The minimum atomic E-state index is 0.588. The molecule has 0 aromatic carbocycles. The third-order valence-electron chi connectivity index (χ3n) is 1.22. The van der Waals surface area contributed by atoms with Gasteiger partial charge in [0, 0.05) is 18.1 Å². The Balaban J connectivity index is 2.84. The average molecular weight is 135 g/mol. The minimum absolute atomic E-state index is 0.588. The lowest BCUT2D eigenvalue weighted by molar-refractivity contribution is 0.302. The molecule has 0 saturated heterocycles. The third kappa shape index (κ3) is 1.36. The van der Waals surface area contributed by atoms with Crippen LogP contribution in [0, 0.1) is 6.08 Å². The Morgan fingerprint density at radius 1 is 1.80 bits per heavy atom. The lowest BCUT2D eigenvalue weighted by Crippen LogP contribution is -1.90. The van der Waals surface area contributed by atoms with Crippen LogP contribution in [0.2, 0.25) is 0 Å². The van der Waals surface area contributed by atoms with Crippen LogP contribution in [0.15, 0.2) is 23.5 Å². The highest BCUT2D eigenvalue weighted by Crippen LogP contribution is 2.11. The SMILES string of the molecule is COC1=CC(=C=O)CC=[C]1. The van der Waals surface area contributed by atoms with Crippen molar-refractivity contribution < 1.29 is 9.53 Å². The summed E-state index contributed by atoms with van der Waals surface area (Å²) in [5.74, 6) is 2.39. The standard InChI is InChI=1S/C8H7O2/c1-10-8-4-2-3-7(5-8)6-9/h2,5H,3H2,1H3. The van der Waals surface area contributed by atoms with E-state index < -0.39 is 0 Å². The van der Waals surface area contributed by atoms with Crippen molar-refractivity contribution in [1.29, 1.82) is 0 Å². The molecule has 0 unspecified atom stereocenters. The quantitative estimate of drug-likeness (QED) is 0.502. The fraction of sp³-hybridized carbons (Fsp3) is 0.250. The van der Waals surface area contributed by atoms with Crippen molar-refractivity contribution in [3.05, 3.63) is 29.6 Å².